The Kier molecular flexibility index (Phi) is 5.07. The summed E-state index contributed by atoms with van der Waals surface area (Å²) in [6.07, 6.45) is 3.11. The number of carbonyl (C=O) groups is 2. The maximum Gasteiger partial charge on any atom is 0.338 e. The van der Waals surface area contributed by atoms with Crippen LogP contribution in [-0.4, -0.2) is 33.4 Å². The highest BCUT2D eigenvalue weighted by atomic mass is 16.5. The fourth-order valence-electron chi connectivity index (χ4n) is 2.30. The van der Waals surface area contributed by atoms with Crippen molar-refractivity contribution in [1.82, 2.24) is 15.0 Å². The number of esters is 1. The van der Waals surface area contributed by atoms with Crippen LogP contribution in [0.25, 0.3) is 11.4 Å². The van der Waals surface area contributed by atoms with Gasteiger partial charge < -0.3 is 15.0 Å². The lowest BCUT2D eigenvalue weighted by Crippen LogP contribution is -2.20. The molecule has 7 nitrogen and oxygen atoms in total. The van der Waals surface area contributed by atoms with Gasteiger partial charge in [0.15, 0.2) is 6.61 Å². The Morgan fingerprint density at radius 3 is 2.54 bits per heavy atom. The molecule has 0 aliphatic rings. The highest BCUT2D eigenvalue weighted by molar-refractivity contribution is 5.95. The number of rotatable bonds is 5. The van der Waals surface area contributed by atoms with Crippen molar-refractivity contribution in [1.29, 1.82) is 0 Å². The van der Waals surface area contributed by atoms with Crippen LogP contribution < -0.4 is 5.32 Å². The van der Waals surface area contributed by atoms with Gasteiger partial charge in [-0.25, -0.2) is 9.78 Å². The van der Waals surface area contributed by atoms with Gasteiger partial charge in [0.25, 0.3) is 5.91 Å². The number of aromatic nitrogens is 3. The van der Waals surface area contributed by atoms with Crippen molar-refractivity contribution in [3.63, 3.8) is 0 Å². The summed E-state index contributed by atoms with van der Waals surface area (Å²) in [5.41, 5.74) is 3.71. The minimum absolute atomic E-state index is 0.364. The molecular formula is C19H18N4O3. The second kappa shape index (κ2) is 7.60. The molecular weight excluding hydrogens is 332 g/mol. The van der Waals surface area contributed by atoms with E-state index in [4.69, 9.17) is 4.74 Å². The highest BCUT2D eigenvalue weighted by Gasteiger charge is 2.12. The van der Waals surface area contributed by atoms with Crippen LogP contribution in [0.1, 0.15) is 21.7 Å². The average molecular weight is 350 g/mol. The third-order valence-corrected chi connectivity index (χ3v) is 3.80. The first-order chi connectivity index (χ1) is 12.5. The predicted molar refractivity (Wildman–Crippen MR) is 96.6 cm³/mol. The van der Waals surface area contributed by atoms with E-state index in [-0.39, 0.29) is 6.61 Å². The molecule has 3 aromatic rings. The number of benzene rings is 1. The fourth-order valence-corrected chi connectivity index (χ4v) is 2.30. The average Bonchev–Trinajstić information content (AvgIpc) is 2.99. The molecule has 7 heteroatoms. The molecule has 0 saturated carbocycles. The number of hydrogen-bond acceptors (Lipinski definition) is 5. The van der Waals surface area contributed by atoms with Crippen LogP contribution in [0.5, 0.6) is 0 Å². The molecule has 0 bridgehead atoms. The van der Waals surface area contributed by atoms with Gasteiger partial charge in [0.2, 0.25) is 0 Å². The Balaban J connectivity index is 1.57. The van der Waals surface area contributed by atoms with Gasteiger partial charge >= 0.3 is 5.97 Å². The summed E-state index contributed by atoms with van der Waals surface area (Å²) in [4.78, 5) is 35.4. The maximum absolute atomic E-state index is 12.1. The lowest BCUT2D eigenvalue weighted by atomic mass is 10.1. The molecule has 0 aliphatic carbocycles. The van der Waals surface area contributed by atoms with Crippen molar-refractivity contribution in [3.8, 4) is 11.4 Å². The Hall–Kier alpha value is -3.48. The number of carbonyl (C=O) groups excluding carboxylic acids is 2. The van der Waals surface area contributed by atoms with Crippen molar-refractivity contribution < 1.29 is 14.3 Å². The van der Waals surface area contributed by atoms with E-state index < -0.39 is 11.9 Å². The van der Waals surface area contributed by atoms with Crippen LogP contribution in [0.15, 0.2) is 48.8 Å². The van der Waals surface area contributed by atoms with E-state index in [0.29, 0.717) is 11.3 Å². The first kappa shape index (κ1) is 17.3. The number of amides is 1. The number of nitrogens with zero attached hydrogens (tertiary/aromatic N) is 2. The Morgan fingerprint density at radius 2 is 1.92 bits per heavy atom. The zero-order chi connectivity index (χ0) is 18.5. The van der Waals surface area contributed by atoms with Gasteiger partial charge in [0.1, 0.15) is 5.82 Å². The monoisotopic (exact) mass is 350 g/mol. The largest absolute Gasteiger partial charge is 0.452 e. The Morgan fingerprint density at radius 1 is 1.15 bits per heavy atom. The van der Waals surface area contributed by atoms with Gasteiger partial charge in [-0.2, -0.15) is 0 Å². The molecule has 1 amide bonds. The van der Waals surface area contributed by atoms with Crippen LogP contribution in [-0.2, 0) is 9.53 Å². The fraction of sp³-hybridized carbons (Fsp3) is 0.158. The lowest BCUT2D eigenvalue weighted by Gasteiger charge is -2.06. The number of pyridine rings is 1. The number of aromatic amines is 1. The van der Waals surface area contributed by atoms with E-state index in [1.54, 1.807) is 42.6 Å². The Bertz CT molecular complexity index is 898. The smallest absolute Gasteiger partial charge is 0.338 e. The predicted octanol–water partition coefficient (Wildman–Crippen LogP) is 2.88. The van der Waals surface area contributed by atoms with Crippen LogP contribution in [0.2, 0.25) is 0 Å². The summed E-state index contributed by atoms with van der Waals surface area (Å²) in [6, 6.07) is 10.2. The first-order valence-electron chi connectivity index (χ1n) is 8.03. The molecule has 0 spiro atoms. The zero-order valence-corrected chi connectivity index (χ0v) is 14.4. The van der Waals surface area contributed by atoms with E-state index in [0.717, 1.165) is 22.8 Å². The number of hydrogen-bond donors (Lipinski definition) is 2. The number of anilines is 1. The SMILES string of the molecule is Cc1nc(-c2ccc(C(=O)OCC(=O)Nc3cccnc3)cc2)[nH]c1C. The molecule has 0 atom stereocenters. The molecule has 0 unspecified atom stereocenters. The van der Waals surface area contributed by atoms with Crippen LogP contribution in [0.3, 0.4) is 0 Å². The van der Waals surface area contributed by atoms with E-state index in [1.807, 2.05) is 13.8 Å². The van der Waals surface area contributed by atoms with E-state index in [1.165, 1.54) is 6.20 Å². The first-order valence-corrected chi connectivity index (χ1v) is 8.03. The van der Waals surface area contributed by atoms with Crippen molar-refractivity contribution in [3.05, 3.63) is 65.7 Å². The second-order valence-electron chi connectivity index (χ2n) is 5.74. The summed E-state index contributed by atoms with van der Waals surface area (Å²) < 4.78 is 5.04. The topological polar surface area (TPSA) is 97.0 Å². The van der Waals surface area contributed by atoms with Crippen LogP contribution in [0, 0.1) is 13.8 Å². The Labute approximate surface area is 150 Å². The summed E-state index contributed by atoms with van der Waals surface area (Å²) >= 11 is 0. The minimum atomic E-state index is -0.565. The second-order valence-corrected chi connectivity index (χ2v) is 5.74. The van der Waals surface area contributed by atoms with Gasteiger partial charge in [0, 0.05) is 17.5 Å². The summed E-state index contributed by atoms with van der Waals surface area (Å²) in [5.74, 6) is -0.245. The number of ether oxygens (including phenoxy) is 1. The summed E-state index contributed by atoms with van der Waals surface area (Å²) in [5, 5.41) is 2.60. The van der Waals surface area contributed by atoms with E-state index in [9.17, 15) is 9.59 Å². The summed E-state index contributed by atoms with van der Waals surface area (Å²) in [6.45, 7) is 3.51. The minimum Gasteiger partial charge on any atom is -0.452 e. The van der Waals surface area contributed by atoms with Gasteiger partial charge in [0.05, 0.1) is 23.1 Å². The van der Waals surface area contributed by atoms with Crippen molar-refractivity contribution in [2.75, 3.05) is 11.9 Å². The molecule has 0 fully saturated rings. The zero-order valence-electron chi connectivity index (χ0n) is 14.4. The summed E-state index contributed by atoms with van der Waals surface area (Å²) in [7, 11) is 0. The molecule has 0 radical (unpaired) electrons. The van der Waals surface area contributed by atoms with Gasteiger partial charge in [-0.1, -0.05) is 12.1 Å². The van der Waals surface area contributed by atoms with E-state index >= 15 is 0 Å². The molecule has 1 aromatic carbocycles. The molecule has 26 heavy (non-hydrogen) atoms. The highest BCUT2D eigenvalue weighted by Crippen LogP contribution is 2.18. The van der Waals surface area contributed by atoms with Crippen molar-refractivity contribution in [2.24, 2.45) is 0 Å². The standard InChI is InChI=1S/C19H18N4O3/c1-12-13(2)22-18(21-12)14-5-7-15(8-6-14)19(25)26-11-17(24)23-16-4-3-9-20-10-16/h3-10H,11H2,1-2H3,(H,21,22)(H,23,24). The van der Waals surface area contributed by atoms with Crippen LogP contribution >= 0.6 is 0 Å². The van der Waals surface area contributed by atoms with Crippen molar-refractivity contribution >= 4 is 17.6 Å². The van der Waals surface area contributed by atoms with Crippen molar-refractivity contribution in [2.45, 2.75) is 13.8 Å². The molecule has 2 aromatic heterocycles. The quantitative estimate of drug-likeness (QED) is 0.690. The molecule has 0 saturated heterocycles. The number of nitrogens with one attached hydrogen (secondary N) is 2. The molecule has 132 valence electrons. The molecule has 2 heterocycles. The normalized spacial score (nSPS) is 10.4. The third kappa shape index (κ3) is 4.13. The number of aryl methyl sites for hydroxylation is 2. The number of H-pyrrole nitrogens is 1. The lowest BCUT2D eigenvalue weighted by molar-refractivity contribution is -0.119. The van der Waals surface area contributed by atoms with Gasteiger partial charge in [-0.15, -0.1) is 0 Å². The molecule has 2 N–H and O–H groups in total. The van der Waals surface area contributed by atoms with E-state index in [2.05, 4.69) is 20.3 Å². The number of imidazole rings is 1. The molecule has 3 rings (SSSR count). The van der Waals surface area contributed by atoms with Crippen LogP contribution in [0.4, 0.5) is 5.69 Å². The van der Waals surface area contributed by atoms with Gasteiger partial charge in [-0.3, -0.25) is 9.78 Å². The molecule has 0 aliphatic heterocycles. The van der Waals surface area contributed by atoms with Gasteiger partial charge in [-0.05, 0) is 38.1 Å². The third-order valence-electron chi connectivity index (χ3n) is 3.80. The maximum atomic E-state index is 12.1.